The molecule has 2 aromatic carbocycles. The predicted octanol–water partition coefficient (Wildman–Crippen LogP) is 7.07. The van der Waals surface area contributed by atoms with Gasteiger partial charge in [-0.05, 0) is 61.9 Å². The van der Waals surface area contributed by atoms with Crippen LogP contribution in [0.3, 0.4) is 0 Å². The number of furan rings is 1. The zero-order valence-electron chi connectivity index (χ0n) is 18.3. The molecule has 0 bridgehead atoms. The van der Waals surface area contributed by atoms with Gasteiger partial charge >= 0.3 is 0 Å². The van der Waals surface area contributed by atoms with Gasteiger partial charge in [0.1, 0.15) is 11.3 Å². The van der Waals surface area contributed by atoms with Gasteiger partial charge < -0.3 is 14.1 Å². The molecule has 0 radical (unpaired) electrons. The number of nitrogens with zero attached hydrogens (tertiary/aromatic N) is 1. The number of rotatable bonds is 5. The van der Waals surface area contributed by atoms with Gasteiger partial charge in [0, 0.05) is 45.7 Å². The molecule has 0 aliphatic carbocycles. The monoisotopic (exact) mass is 481 g/mol. The molecule has 1 aromatic heterocycles. The minimum absolute atomic E-state index is 0.0894. The van der Waals surface area contributed by atoms with Crippen LogP contribution in [0, 0.1) is 0 Å². The Bertz CT molecular complexity index is 1110. The zero-order valence-corrected chi connectivity index (χ0v) is 19.9. The van der Waals surface area contributed by atoms with Crippen molar-refractivity contribution in [3.8, 4) is 16.9 Å². The van der Waals surface area contributed by atoms with Gasteiger partial charge in [-0.15, -0.1) is 0 Å². The Hall–Kier alpha value is -2.53. The number of ether oxygens (including phenoxy) is 1. The Labute approximate surface area is 192 Å². The Morgan fingerprint density at radius 1 is 1.26 bits per heavy atom. The summed E-state index contributed by atoms with van der Waals surface area (Å²) in [4.78, 5) is 15.1. The van der Waals surface area contributed by atoms with Crippen molar-refractivity contribution in [2.75, 3.05) is 13.7 Å². The summed E-state index contributed by atoms with van der Waals surface area (Å²) in [5.74, 6) is 0.794. The standard InChI is InChI=1S/C26H28BrNO3/c1-4-20-7-5-6-12-28(20)26(29)13-17(2)21-14-22-23(18-8-10-19(27)11-9-18)16-31-25(22)15-24(21)30-3/h8-11,13-16,20H,4-7,12H2,1-3H3/b17-13+. The van der Waals surface area contributed by atoms with Crippen molar-refractivity contribution in [2.45, 2.75) is 45.6 Å². The lowest BCUT2D eigenvalue weighted by molar-refractivity contribution is -0.129. The van der Waals surface area contributed by atoms with E-state index in [1.165, 1.54) is 6.42 Å². The highest BCUT2D eigenvalue weighted by Crippen LogP contribution is 2.37. The number of carbonyl (C=O) groups excluding carboxylic acids is 1. The summed E-state index contributed by atoms with van der Waals surface area (Å²) in [6.45, 7) is 4.98. The molecular formula is C26H28BrNO3. The van der Waals surface area contributed by atoms with Crippen LogP contribution in [-0.4, -0.2) is 30.5 Å². The first-order valence-electron chi connectivity index (χ1n) is 10.9. The summed E-state index contributed by atoms with van der Waals surface area (Å²) in [7, 11) is 1.65. The number of fused-ring (bicyclic) bond motifs is 1. The van der Waals surface area contributed by atoms with E-state index >= 15 is 0 Å². The normalized spacial score (nSPS) is 17.2. The van der Waals surface area contributed by atoms with Gasteiger partial charge in [-0.2, -0.15) is 0 Å². The molecule has 1 unspecified atom stereocenters. The van der Waals surface area contributed by atoms with Crippen molar-refractivity contribution in [1.82, 2.24) is 4.90 Å². The topological polar surface area (TPSA) is 42.7 Å². The van der Waals surface area contributed by atoms with Gasteiger partial charge in [-0.1, -0.05) is 35.0 Å². The molecule has 4 rings (SSSR count). The number of likely N-dealkylation sites (tertiary alicyclic amines) is 1. The number of piperidine rings is 1. The van der Waals surface area contributed by atoms with Crippen LogP contribution < -0.4 is 4.74 Å². The molecule has 2 heterocycles. The van der Waals surface area contributed by atoms with Crippen LogP contribution in [-0.2, 0) is 4.79 Å². The molecule has 1 saturated heterocycles. The highest BCUT2D eigenvalue weighted by molar-refractivity contribution is 9.10. The maximum atomic E-state index is 13.1. The minimum atomic E-state index is 0.0894. The quantitative estimate of drug-likeness (QED) is 0.366. The molecular weight excluding hydrogens is 454 g/mol. The smallest absolute Gasteiger partial charge is 0.247 e. The van der Waals surface area contributed by atoms with Gasteiger partial charge in [0.25, 0.3) is 0 Å². The zero-order chi connectivity index (χ0) is 22.0. The van der Waals surface area contributed by atoms with Crippen LogP contribution in [0.4, 0.5) is 0 Å². The Balaban J connectivity index is 1.73. The van der Waals surface area contributed by atoms with Crippen molar-refractivity contribution >= 4 is 38.4 Å². The van der Waals surface area contributed by atoms with Crippen LogP contribution in [0.5, 0.6) is 5.75 Å². The third-order valence-electron chi connectivity index (χ3n) is 6.20. The third-order valence-corrected chi connectivity index (χ3v) is 6.73. The molecule has 1 aliphatic rings. The number of methoxy groups -OCH3 is 1. The summed E-state index contributed by atoms with van der Waals surface area (Å²) < 4.78 is 12.5. The molecule has 4 nitrogen and oxygen atoms in total. The van der Waals surface area contributed by atoms with E-state index < -0.39 is 0 Å². The predicted molar refractivity (Wildman–Crippen MR) is 129 cm³/mol. The average molecular weight is 482 g/mol. The first-order chi connectivity index (χ1) is 15.0. The van der Waals surface area contributed by atoms with Crippen molar-refractivity contribution in [2.24, 2.45) is 0 Å². The fourth-order valence-electron chi connectivity index (χ4n) is 4.45. The lowest BCUT2D eigenvalue weighted by Gasteiger charge is -2.34. The fourth-order valence-corrected chi connectivity index (χ4v) is 4.71. The Kier molecular flexibility index (Phi) is 6.51. The molecule has 0 spiro atoms. The number of amides is 1. The van der Waals surface area contributed by atoms with Crippen molar-refractivity contribution in [3.05, 3.63) is 58.8 Å². The summed E-state index contributed by atoms with van der Waals surface area (Å²) in [5.41, 5.74) is 4.67. The van der Waals surface area contributed by atoms with E-state index in [1.54, 1.807) is 19.4 Å². The van der Waals surface area contributed by atoms with Crippen molar-refractivity contribution < 1.29 is 13.9 Å². The van der Waals surface area contributed by atoms with Crippen LogP contribution in [0.25, 0.3) is 27.7 Å². The molecule has 1 atom stereocenters. The van der Waals surface area contributed by atoms with E-state index in [-0.39, 0.29) is 5.91 Å². The minimum Gasteiger partial charge on any atom is -0.496 e. The SMILES string of the molecule is CCC1CCCCN1C(=O)/C=C(\C)c1cc2c(-c3ccc(Br)cc3)coc2cc1OC. The summed E-state index contributed by atoms with van der Waals surface area (Å²) in [5, 5.41) is 1.00. The van der Waals surface area contributed by atoms with Gasteiger partial charge in [0.2, 0.25) is 5.91 Å². The van der Waals surface area contributed by atoms with Crippen LogP contribution in [0.1, 0.15) is 45.1 Å². The highest BCUT2D eigenvalue weighted by atomic mass is 79.9. The number of hydrogen-bond donors (Lipinski definition) is 0. The van der Waals surface area contributed by atoms with Crippen molar-refractivity contribution in [1.29, 1.82) is 0 Å². The maximum absolute atomic E-state index is 13.1. The number of benzene rings is 2. The second kappa shape index (κ2) is 9.31. The maximum Gasteiger partial charge on any atom is 0.247 e. The second-order valence-electron chi connectivity index (χ2n) is 8.12. The van der Waals surface area contributed by atoms with Gasteiger partial charge in [0.05, 0.1) is 13.4 Å². The van der Waals surface area contributed by atoms with E-state index in [0.29, 0.717) is 11.8 Å². The van der Waals surface area contributed by atoms with E-state index in [9.17, 15) is 4.79 Å². The lowest BCUT2D eigenvalue weighted by Crippen LogP contribution is -2.42. The Morgan fingerprint density at radius 2 is 2.03 bits per heavy atom. The van der Waals surface area contributed by atoms with E-state index in [1.807, 2.05) is 30.0 Å². The fraction of sp³-hybridized carbons (Fsp3) is 0.346. The number of carbonyl (C=O) groups is 1. The molecule has 1 amide bonds. The average Bonchev–Trinajstić information content (AvgIpc) is 3.21. The van der Waals surface area contributed by atoms with Crippen molar-refractivity contribution in [3.63, 3.8) is 0 Å². The van der Waals surface area contributed by atoms with Gasteiger partial charge in [-0.3, -0.25) is 4.79 Å². The number of hydrogen-bond acceptors (Lipinski definition) is 3. The first kappa shape index (κ1) is 21.7. The molecule has 5 heteroatoms. The first-order valence-corrected chi connectivity index (χ1v) is 11.7. The molecule has 31 heavy (non-hydrogen) atoms. The number of halogens is 1. The summed E-state index contributed by atoms with van der Waals surface area (Å²) in [6, 6.07) is 12.5. The highest BCUT2D eigenvalue weighted by Gasteiger charge is 2.24. The third kappa shape index (κ3) is 4.42. The van der Waals surface area contributed by atoms with E-state index in [4.69, 9.17) is 9.15 Å². The van der Waals surface area contributed by atoms with Gasteiger partial charge in [0.15, 0.2) is 0 Å². The largest absolute Gasteiger partial charge is 0.496 e. The van der Waals surface area contributed by atoms with E-state index in [0.717, 1.165) is 63.5 Å². The van der Waals surface area contributed by atoms with Crippen LogP contribution >= 0.6 is 15.9 Å². The summed E-state index contributed by atoms with van der Waals surface area (Å²) in [6.07, 6.45) is 7.91. The lowest BCUT2D eigenvalue weighted by atomic mass is 9.98. The van der Waals surface area contributed by atoms with Gasteiger partial charge in [-0.25, -0.2) is 0 Å². The van der Waals surface area contributed by atoms with E-state index in [2.05, 4.69) is 41.1 Å². The molecule has 1 aliphatic heterocycles. The summed E-state index contributed by atoms with van der Waals surface area (Å²) >= 11 is 3.49. The molecule has 162 valence electrons. The Morgan fingerprint density at radius 3 is 2.74 bits per heavy atom. The van der Waals surface area contributed by atoms with Crippen LogP contribution in [0.15, 0.2) is 57.6 Å². The molecule has 1 fully saturated rings. The number of allylic oxidation sites excluding steroid dienone is 1. The molecule has 0 N–H and O–H groups in total. The molecule has 3 aromatic rings. The molecule has 0 saturated carbocycles. The van der Waals surface area contributed by atoms with Crippen LogP contribution in [0.2, 0.25) is 0 Å². The second-order valence-corrected chi connectivity index (χ2v) is 9.04.